The number of hydrogen-bond donors (Lipinski definition) is 1. The molecule has 0 saturated heterocycles. The number of pyridine rings is 1. The Morgan fingerprint density at radius 1 is 1.10 bits per heavy atom. The van der Waals surface area contributed by atoms with Crippen LogP contribution in [0.15, 0.2) is 24.4 Å². The zero-order valence-electron chi connectivity index (χ0n) is 14.1. The first-order valence-corrected chi connectivity index (χ1v) is 8.26. The first-order valence-electron chi connectivity index (χ1n) is 8.26. The zero-order chi connectivity index (χ0) is 15.7. The van der Waals surface area contributed by atoms with Gasteiger partial charge in [-0.3, -0.25) is 9.88 Å². The molecule has 2 N–H and O–H groups in total. The Kier molecular flexibility index (Phi) is 8.50. The first kappa shape index (κ1) is 18.1. The fraction of sp³-hybridized carbons (Fsp3) is 0.706. The van der Waals surface area contributed by atoms with Crippen LogP contribution < -0.4 is 5.73 Å². The van der Waals surface area contributed by atoms with Crippen LogP contribution in [0.25, 0.3) is 0 Å². The lowest BCUT2D eigenvalue weighted by molar-refractivity contribution is 0.168. The van der Waals surface area contributed by atoms with Crippen molar-refractivity contribution in [2.24, 2.45) is 5.73 Å². The van der Waals surface area contributed by atoms with Crippen molar-refractivity contribution in [1.29, 1.82) is 0 Å². The van der Waals surface area contributed by atoms with Crippen molar-refractivity contribution in [2.45, 2.75) is 46.2 Å². The van der Waals surface area contributed by atoms with E-state index in [1.807, 2.05) is 18.3 Å². The molecule has 0 fully saturated rings. The molecule has 1 heterocycles. The standard InChI is InChI=1S/C17H32N4/c1-5-20(6-2)13-10-14-21(7-3)17(15(4)18)16-11-8-9-12-19-16/h8-9,11-12,15,17H,5-7,10,13-14,18H2,1-4H3. The largest absolute Gasteiger partial charge is 0.326 e. The van der Waals surface area contributed by atoms with Gasteiger partial charge in [-0.1, -0.05) is 26.8 Å². The van der Waals surface area contributed by atoms with Gasteiger partial charge in [-0.05, 0) is 51.7 Å². The topological polar surface area (TPSA) is 45.4 Å². The van der Waals surface area contributed by atoms with Gasteiger partial charge < -0.3 is 10.6 Å². The summed E-state index contributed by atoms with van der Waals surface area (Å²) in [6.07, 6.45) is 3.03. The molecular formula is C17H32N4. The van der Waals surface area contributed by atoms with Gasteiger partial charge in [0.05, 0.1) is 11.7 Å². The van der Waals surface area contributed by atoms with Crippen LogP contribution in [0, 0.1) is 0 Å². The van der Waals surface area contributed by atoms with Crippen molar-refractivity contribution in [3.8, 4) is 0 Å². The monoisotopic (exact) mass is 292 g/mol. The molecule has 0 aliphatic carbocycles. The van der Waals surface area contributed by atoms with Crippen molar-refractivity contribution in [1.82, 2.24) is 14.8 Å². The summed E-state index contributed by atoms with van der Waals surface area (Å²) < 4.78 is 0. The molecule has 1 aromatic rings. The molecule has 0 radical (unpaired) electrons. The normalized spacial score (nSPS) is 14.6. The molecule has 2 unspecified atom stereocenters. The maximum Gasteiger partial charge on any atom is 0.0670 e. The van der Waals surface area contributed by atoms with E-state index in [1.165, 1.54) is 6.42 Å². The van der Waals surface area contributed by atoms with Crippen LogP contribution in [-0.2, 0) is 0 Å². The molecule has 1 aromatic heterocycles. The second-order valence-corrected chi connectivity index (χ2v) is 5.57. The van der Waals surface area contributed by atoms with Gasteiger partial charge in [0.25, 0.3) is 0 Å². The van der Waals surface area contributed by atoms with E-state index >= 15 is 0 Å². The lowest BCUT2D eigenvalue weighted by Gasteiger charge is -2.33. The molecule has 2 atom stereocenters. The second-order valence-electron chi connectivity index (χ2n) is 5.57. The minimum atomic E-state index is 0.0771. The van der Waals surface area contributed by atoms with Crippen LogP contribution in [0.5, 0.6) is 0 Å². The Hall–Kier alpha value is -0.970. The molecule has 4 nitrogen and oxygen atoms in total. The summed E-state index contributed by atoms with van der Waals surface area (Å²) in [4.78, 5) is 9.44. The summed E-state index contributed by atoms with van der Waals surface area (Å²) in [6, 6.07) is 6.36. The lowest BCUT2D eigenvalue weighted by Crippen LogP contribution is -2.41. The highest BCUT2D eigenvalue weighted by molar-refractivity contribution is 5.11. The molecule has 0 aromatic carbocycles. The van der Waals surface area contributed by atoms with Gasteiger partial charge in [0.1, 0.15) is 0 Å². The fourth-order valence-corrected chi connectivity index (χ4v) is 2.87. The highest BCUT2D eigenvalue weighted by Crippen LogP contribution is 2.21. The maximum atomic E-state index is 6.24. The highest BCUT2D eigenvalue weighted by Gasteiger charge is 2.23. The lowest BCUT2D eigenvalue weighted by atomic mass is 10.0. The van der Waals surface area contributed by atoms with Gasteiger partial charge in [-0.15, -0.1) is 0 Å². The van der Waals surface area contributed by atoms with Crippen LogP contribution >= 0.6 is 0 Å². The van der Waals surface area contributed by atoms with Gasteiger partial charge in [0, 0.05) is 18.8 Å². The van der Waals surface area contributed by atoms with E-state index in [9.17, 15) is 0 Å². The van der Waals surface area contributed by atoms with E-state index in [1.54, 1.807) is 0 Å². The van der Waals surface area contributed by atoms with E-state index in [0.29, 0.717) is 0 Å². The Morgan fingerprint density at radius 2 is 1.81 bits per heavy atom. The Labute approximate surface area is 130 Å². The quantitative estimate of drug-likeness (QED) is 0.720. The number of hydrogen-bond acceptors (Lipinski definition) is 4. The summed E-state index contributed by atoms with van der Waals surface area (Å²) in [5, 5.41) is 0. The van der Waals surface area contributed by atoms with E-state index in [-0.39, 0.29) is 12.1 Å². The molecule has 0 amide bonds. The van der Waals surface area contributed by atoms with E-state index < -0.39 is 0 Å². The van der Waals surface area contributed by atoms with Crippen molar-refractivity contribution in [3.05, 3.63) is 30.1 Å². The Morgan fingerprint density at radius 3 is 2.29 bits per heavy atom. The first-order chi connectivity index (χ1) is 10.1. The van der Waals surface area contributed by atoms with E-state index in [4.69, 9.17) is 5.73 Å². The number of nitrogens with zero attached hydrogens (tertiary/aromatic N) is 3. The molecule has 0 aliphatic heterocycles. The van der Waals surface area contributed by atoms with Crippen LogP contribution in [0.2, 0.25) is 0 Å². The molecule has 0 saturated carbocycles. The maximum absolute atomic E-state index is 6.24. The Bertz CT molecular complexity index is 362. The molecule has 0 spiro atoms. The van der Waals surface area contributed by atoms with Gasteiger partial charge in [0.2, 0.25) is 0 Å². The predicted octanol–water partition coefficient (Wildman–Crippen LogP) is 2.52. The van der Waals surface area contributed by atoms with Crippen LogP contribution in [0.1, 0.15) is 45.9 Å². The minimum Gasteiger partial charge on any atom is -0.326 e. The van der Waals surface area contributed by atoms with Crippen LogP contribution in [0.4, 0.5) is 0 Å². The molecular weight excluding hydrogens is 260 g/mol. The molecule has 4 heteroatoms. The second kappa shape index (κ2) is 9.87. The molecule has 1 rings (SSSR count). The number of rotatable bonds is 10. The van der Waals surface area contributed by atoms with Gasteiger partial charge in [0.15, 0.2) is 0 Å². The van der Waals surface area contributed by atoms with Gasteiger partial charge in [-0.25, -0.2) is 0 Å². The third-order valence-corrected chi connectivity index (χ3v) is 4.10. The zero-order valence-corrected chi connectivity index (χ0v) is 14.1. The van der Waals surface area contributed by atoms with E-state index in [2.05, 4.69) is 48.5 Å². The minimum absolute atomic E-state index is 0.0771. The average Bonchev–Trinajstić information content (AvgIpc) is 2.51. The molecule has 21 heavy (non-hydrogen) atoms. The number of aromatic nitrogens is 1. The fourth-order valence-electron chi connectivity index (χ4n) is 2.87. The third kappa shape index (κ3) is 5.73. The third-order valence-electron chi connectivity index (χ3n) is 4.10. The van der Waals surface area contributed by atoms with Gasteiger partial charge >= 0.3 is 0 Å². The molecule has 120 valence electrons. The Balaban J connectivity index is 2.66. The summed E-state index contributed by atoms with van der Waals surface area (Å²) in [5.74, 6) is 0. The van der Waals surface area contributed by atoms with Crippen molar-refractivity contribution < 1.29 is 0 Å². The summed E-state index contributed by atoms with van der Waals surface area (Å²) in [7, 11) is 0. The van der Waals surface area contributed by atoms with Crippen molar-refractivity contribution in [3.63, 3.8) is 0 Å². The van der Waals surface area contributed by atoms with Gasteiger partial charge in [-0.2, -0.15) is 0 Å². The molecule has 0 bridgehead atoms. The van der Waals surface area contributed by atoms with Crippen molar-refractivity contribution in [2.75, 3.05) is 32.7 Å². The van der Waals surface area contributed by atoms with Crippen molar-refractivity contribution >= 4 is 0 Å². The SMILES string of the molecule is CCN(CC)CCCN(CC)C(c1ccccn1)C(C)N. The smallest absolute Gasteiger partial charge is 0.0670 e. The van der Waals surface area contributed by atoms with E-state index in [0.717, 1.165) is 38.4 Å². The molecule has 0 aliphatic rings. The summed E-state index contributed by atoms with van der Waals surface area (Å²) in [5.41, 5.74) is 7.32. The number of likely N-dealkylation sites (N-methyl/N-ethyl adjacent to an activating group) is 1. The number of nitrogens with two attached hydrogens (primary N) is 1. The predicted molar refractivity (Wildman–Crippen MR) is 90.3 cm³/mol. The average molecular weight is 292 g/mol. The highest BCUT2D eigenvalue weighted by atomic mass is 15.2. The summed E-state index contributed by atoms with van der Waals surface area (Å²) >= 11 is 0. The summed E-state index contributed by atoms with van der Waals surface area (Å²) in [6.45, 7) is 14.2. The van der Waals surface area contributed by atoms with Crippen LogP contribution in [-0.4, -0.2) is 53.5 Å². The van der Waals surface area contributed by atoms with Crippen LogP contribution in [0.3, 0.4) is 0 Å².